The zero-order valence-electron chi connectivity index (χ0n) is 19.4. The number of fused-ring (bicyclic) bond motifs is 1. The van der Waals surface area contributed by atoms with E-state index in [1.807, 2.05) is 0 Å². The molecule has 0 unspecified atom stereocenters. The number of para-hydroxylation sites is 1. The van der Waals surface area contributed by atoms with Gasteiger partial charge in [0.2, 0.25) is 15.9 Å². The smallest absolute Gasteiger partial charge is 0.329 e. The molecular weight excluding hydrogens is 486 g/mol. The van der Waals surface area contributed by atoms with Gasteiger partial charge in [-0.2, -0.15) is 5.11 Å². The molecule has 4 rings (SSSR count). The van der Waals surface area contributed by atoms with Crippen molar-refractivity contribution >= 4 is 38.3 Å². The molecule has 0 bridgehead atoms. The van der Waals surface area contributed by atoms with Crippen molar-refractivity contribution in [3.63, 3.8) is 0 Å². The number of methoxy groups -OCH3 is 2. The van der Waals surface area contributed by atoms with E-state index in [2.05, 4.69) is 15.5 Å². The highest BCUT2D eigenvalue weighted by Gasteiger charge is 2.22. The van der Waals surface area contributed by atoms with Crippen LogP contribution in [0.3, 0.4) is 0 Å². The Labute approximate surface area is 206 Å². The van der Waals surface area contributed by atoms with Gasteiger partial charge >= 0.3 is 6.03 Å². The minimum absolute atomic E-state index is 0.0655. The predicted octanol–water partition coefficient (Wildman–Crippen LogP) is 4.18. The molecule has 0 aliphatic carbocycles. The maximum atomic E-state index is 13.1. The fraction of sp³-hybridized carbons (Fsp3) is 0.125. The summed E-state index contributed by atoms with van der Waals surface area (Å²) in [5.41, 5.74) is 1.45. The number of benzene rings is 3. The lowest BCUT2D eigenvalue weighted by atomic mass is 10.1. The molecule has 0 atom stereocenters. The van der Waals surface area contributed by atoms with Gasteiger partial charge in [-0.15, -0.1) is 5.11 Å². The second-order valence-electron chi connectivity index (χ2n) is 7.56. The molecule has 0 aliphatic rings. The minimum atomic E-state index is -3.84. The fourth-order valence-corrected chi connectivity index (χ4v) is 4.18. The summed E-state index contributed by atoms with van der Waals surface area (Å²) in [6.45, 7) is 0.0746. The van der Waals surface area contributed by atoms with E-state index in [9.17, 15) is 18.3 Å². The number of ether oxygens (including phenoxy) is 2. The molecule has 0 fully saturated rings. The van der Waals surface area contributed by atoms with Crippen LogP contribution in [0, 0.1) is 0 Å². The van der Waals surface area contributed by atoms with Crippen molar-refractivity contribution in [1.29, 1.82) is 0 Å². The number of primary sulfonamides is 1. The molecule has 1 amide bonds. The van der Waals surface area contributed by atoms with Crippen molar-refractivity contribution in [2.24, 2.45) is 15.4 Å². The molecule has 4 aromatic rings. The monoisotopic (exact) mass is 509 g/mol. The first-order chi connectivity index (χ1) is 17.2. The third-order valence-electron chi connectivity index (χ3n) is 5.40. The van der Waals surface area contributed by atoms with Gasteiger partial charge in [0.25, 0.3) is 0 Å². The zero-order valence-corrected chi connectivity index (χ0v) is 20.2. The Bertz CT molecular complexity index is 1540. The number of sulfonamides is 1. The standard InChI is InChI=1S/C24H23N5O6S/c1-34-20-8-5-9-21(35-2)18(20)14-26-24(31)29-19-7-4-3-6-17(19)22(23(29)30)28-27-15-10-12-16(13-11-15)36(25,32)33/h3-13,30H,14H2,1-2H3,(H,26,31)(H2,25,32,33). The van der Waals surface area contributed by atoms with Gasteiger partial charge in [0.15, 0.2) is 5.69 Å². The zero-order chi connectivity index (χ0) is 25.9. The van der Waals surface area contributed by atoms with E-state index in [-0.39, 0.29) is 17.1 Å². The summed E-state index contributed by atoms with van der Waals surface area (Å²) in [5.74, 6) is 0.670. The average Bonchev–Trinajstić information content (AvgIpc) is 3.16. The lowest BCUT2D eigenvalue weighted by molar-refractivity contribution is 0.240. The minimum Gasteiger partial charge on any atom is -0.496 e. The summed E-state index contributed by atoms with van der Waals surface area (Å²) in [7, 11) is -0.801. The molecule has 0 spiro atoms. The summed E-state index contributed by atoms with van der Waals surface area (Å²) < 4.78 is 34.7. The first-order valence-electron chi connectivity index (χ1n) is 10.6. The Morgan fingerprint density at radius 3 is 2.22 bits per heavy atom. The van der Waals surface area contributed by atoms with Crippen LogP contribution in [0.4, 0.5) is 16.2 Å². The number of nitrogens with zero attached hydrogens (tertiary/aromatic N) is 3. The molecule has 0 saturated carbocycles. The predicted molar refractivity (Wildman–Crippen MR) is 133 cm³/mol. The maximum Gasteiger partial charge on any atom is 0.329 e. The van der Waals surface area contributed by atoms with Crippen LogP contribution >= 0.6 is 0 Å². The number of aromatic hydroxyl groups is 1. The molecule has 1 heterocycles. The number of carbonyl (C=O) groups excluding carboxylic acids is 1. The highest BCUT2D eigenvalue weighted by Crippen LogP contribution is 2.39. The normalized spacial score (nSPS) is 11.6. The lowest BCUT2D eigenvalue weighted by Gasteiger charge is -2.14. The SMILES string of the molecule is COc1cccc(OC)c1CNC(=O)n1c(O)c(N=Nc2ccc(S(N)(=O)=O)cc2)c2ccccc21. The molecular formula is C24H23N5O6S. The number of aromatic nitrogens is 1. The quantitative estimate of drug-likeness (QED) is 0.317. The Kier molecular flexibility index (Phi) is 6.90. The summed E-state index contributed by atoms with van der Waals surface area (Å²) in [6.07, 6.45) is 0. The molecule has 186 valence electrons. The van der Waals surface area contributed by atoms with Gasteiger partial charge < -0.3 is 19.9 Å². The number of hydrogen-bond donors (Lipinski definition) is 3. The highest BCUT2D eigenvalue weighted by molar-refractivity contribution is 7.89. The number of rotatable bonds is 7. The molecule has 0 saturated heterocycles. The number of nitrogens with one attached hydrogen (secondary N) is 1. The van der Waals surface area contributed by atoms with E-state index in [1.165, 1.54) is 38.5 Å². The largest absolute Gasteiger partial charge is 0.496 e. The average molecular weight is 510 g/mol. The topological polar surface area (TPSA) is 158 Å². The van der Waals surface area contributed by atoms with Crippen molar-refractivity contribution in [1.82, 2.24) is 9.88 Å². The fourth-order valence-electron chi connectivity index (χ4n) is 3.67. The lowest BCUT2D eigenvalue weighted by Crippen LogP contribution is -2.28. The van der Waals surface area contributed by atoms with E-state index in [0.717, 1.165) is 4.57 Å². The molecule has 11 nitrogen and oxygen atoms in total. The second-order valence-corrected chi connectivity index (χ2v) is 9.12. The van der Waals surface area contributed by atoms with Gasteiger partial charge in [0.05, 0.1) is 42.4 Å². The number of amides is 1. The van der Waals surface area contributed by atoms with Crippen LogP contribution < -0.4 is 19.9 Å². The molecule has 36 heavy (non-hydrogen) atoms. The van der Waals surface area contributed by atoms with Gasteiger partial charge in [-0.25, -0.2) is 22.9 Å². The van der Waals surface area contributed by atoms with Crippen LogP contribution in [0.1, 0.15) is 5.56 Å². The molecule has 3 aromatic carbocycles. The Morgan fingerprint density at radius 2 is 1.61 bits per heavy atom. The van der Waals surface area contributed by atoms with E-state index < -0.39 is 21.9 Å². The molecule has 0 aliphatic heterocycles. The number of azo groups is 1. The first-order valence-corrected chi connectivity index (χ1v) is 12.1. The third kappa shape index (κ3) is 4.85. The van der Waals surface area contributed by atoms with Gasteiger partial charge in [-0.3, -0.25) is 0 Å². The van der Waals surface area contributed by atoms with E-state index >= 15 is 0 Å². The van der Waals surface area contributed by atoms with E-state index in [4.69, 9.17) is 14.6 Å². The Morgan fingerprint density at radius 1 is 0.972 bits per heavy atom. The molecule has 12 heteroatoms. The second kappa shape index (κ2) is 10.1. The molecule has 4 N–H and O–H groups in total. The van der Waals surface area contributed by atoms with Crippen molar-refractivity contribution in [2.45, 2.75) is 11.4 Å². The van der Waals surface area contributed by atoms with E-state index in [1.54, 1.807) is 42.5 Å². The summed E-state index contributed by atoms with van der Waals surface area (Å²) in [4.78, 5) is 13.1. The molecule has 1 aromatic heterocycles. The Hall–Kier alpha value is -4.42. The summed E-state index contributed by atoms with van der Waals surface area (Å²) >= 11 is 0. The van der Waals surface area contributed by atoms with Crippen LogP contribution in [0.2, 0.25) is 0 Å². The summed E-state index contributed by atoms with van der Waals surface area (Å²) in [5, 5.41) is 27.5. The van der Waals surface area contributed by atoms with Gasteiger partial charge in [-0.05, 0) is 42.5 Å². The van der Waals surface area contributed by atoms with Crippen molar-refractivity contribution in [2.75, 3.05) is 14.2 Å². The maximum absolute atomic E-state index is 13.1. The van der Waals surface area contributed by atoms with Crippen LogP contribution in [0.5, 0.6) is 17.4 Å². The van der Waals surface area contributed by atoms with Crippen LogP contribution in [-0.4, -0.2) is 38.3 Å². The van der Waals surface area contributed by atoms with Gasteiger partial charge in [0, 0.05) is 5.39 Å². The Balaban J connectivity index is 1.65. The number of carbonyl (C=O) groups is 1. The van der Waals surface area contributed by atoms with Gasteiger partial charge in [-0.1, -0.05) is 24.3 Å². The number of hydrogen-bond acceptors (Lipinski definition) is 8. The van der Waals surface area contributed by atoms with E-state index in [0.29, 0.717) is 33.7 Å². The highest BCUT2D eigenvalue weighted by atomic mass is 32.2. The molecule has 0 radical (unpaired) electrons. The van der Waals surface area contributed by atoms with Gasteiger partial charge in [0.1, 0.15) is 11.5 Å². The number of nitrogens with two attached hydrogens (primary N) is 1. The van der Waals surface area contributed by atoms with Crippen molar-refractivity contribution in [3.8, 4) is 17.4 Å². The third-order valence-corrected chi connectivity index (χ3v) is 6.33. The summed E-state index contributed by atoms with van der Waals surface area (Å²) in [6, 6.07) is 16.9. The van der Waals surface area contributed by atoms with Crippen molar-refractivity contribution < 1.29 is 27.8 Å². The van der Waals surface area contributed by atoms with Crippen LogP contribution in [0.15, 0.2) is 81.9 Å². The van der Waals surface area contributed by atoms with Crippen molar-refractivity contribution in [3.05, 3.63) is 72.3 Å². The van der Waals surface area contributed by atoms with Crippen LogP contribution in [-0.2, 0) is 16.6 Å². The van der Waals surface area contributed by atoms with Crippen LogP contribution in [0.25, 0.3) is 10.9 Å². The first kappa shape index (κ1) is 24.7.